The first-order valence-electron chi connectivity index (χ1n) is 14.0. The molecule has 1 aliphatic heterocycles. The quantitative estimate of drug-likeness (QED) is 0.240. The molecule has 3 aromatic carbocycles. The minimum atomic E-state index is -0.0289. The van der Waals surface area contributed by atoms with Crippen LogP contribution in [0.2, 0.25) is 0 Å². The van der Waals surface area contributed by atoms with Crippen molar-refractivity contribution in [2.75, 3.05) is 59.5 Å². The molecule has 1 amide bonds. The second-order valence-corrected chi connectivity index (χ2v) is 10.2. The highest BCUT2D eigenvalue weighted by molar-refractivity contribution is 5.95. The molecule has 0 saturated carbocycles. The summed E-state index contributed by atoms with van der Waals surface area (Å²) in [4.78, 5) is 18.0. The van der Waals surface area contributed by atoms with Crippen molar-refractivity contribution < 1.29 is 28.2 Å². The number of carbonyl (C=O) groups excluding carboxylic acids is 1. The average Bonchev–Trinajstić information content (AvgIpc) is 3.31. The van der Waals surface area contributed by atoms with Crippen molar-refractivity contribution in [1.82, 2.24) is 4.90 Å². The van der Waals surface area contributed by atoms with Gasteiger partial charge in [0.1, 0.15) is 11.3 Å². The van der Waals surface area contributed by atoms with Crippen molar-refractivity contribution >= 4 is 22.6 Å². The number of hydrogen-bond donors (Lipinski definition) is 0. The normalized spacial score (nSPS) is 13.4. The Hall–Kier alpha value is -4.17. The summed E-state index contributed by atoms with van der Waals surface area (Å²) in [5, 5.41) is 0.991. The molecule has 0 bridgehead atoms. The van der Waals surface area contributed by atoms with Gasteiger partial charge in [0, 0.05) is 36.8 Å². The number of furan rings is 1. The van der Waals surface area contributed by atoms with Crippen molar-refractivity contribution in [3.63, 3.8) is 0 Å². The van der Waals surface area contributed by atoms with Gasteiger partial charge in [0.2, 0.25) is 5.91 Å². The summed E-state index contributed by atoms with van der Waals surface area (Å²) in [6.45, 7) is 3.35. The maximum absolute atomic E-state index is 13.7. The van der Waals surface area contributed by atoms with E-state index < -0.39 is 0 Å². The van der Waals surface area contributed by atoms with E-state index in [2.05, 4.69) is 17.0 Å². The predicted octanol–water partition coefficient (Wildman–Crippen LogP) is 5.53. The lowest BCUT2D eigenvalue weighted by atomic mass is 10.0. The molecule has 8 nitrogen and oxygen atoms in total. The molecule has 0 spiro atoms. The van der Waals surface area contributed by atoms with Crippen LogP contribution in [0.5, 0.6) is 23.0 Å². The molecule has 0 fully saturated rings. The van der Waals surface area contributed by atoms with E-state index in [-0.39, 0.29) is 12.3 Å². The molecule has 0 saturated heterocycles. The first-order chi connectivity index (χ1) is 20.0. The number of para-hydroxylation sites is 1. The van der Waals surface area contributed by atoms with Gasteiger partial charge in [0.25, 0.3) is 0 Å². The fourth-order valence-corrected chi connectivity index (χ4v) is 5.53. The van der Waals surface area contributed by atoms with Crippen molar-refractivity contribution in [2.24, 2.45) is 0 Å². The van der Waals surface area contributed by atoms with Crippen LogP contribution in [0.15, 0.2) is 65.1 Å². The Morgan fingerprint density at radius 2 is 1.44 bits per heavy atom. The molecule has 216 valence electrons. The number of anilines is 1. The SMILES string of the molecule is COc1ccc(N(CCCN2CCc3cc(OC)c(OC)cc3CC2)C(=O)Cc2cc3ccccc3o2)cc1OC. The van der Waals surface area contributed by atoms with Crippen LogP contribution in [0.3, 0.4) is 0 Å². The Bertz CT molecular complexity index is 1430. The van der Waals surface area contributed by atoms with Crippen LogP contribution in [0.1, 0.15) is 23.3 Å². The smallest absolute Gasteiger partial charge is 0.234 e. The Morgan fingerprint density at radius 1 is 0.805 bits per heavy atom. The molecule has 1 aliphatic rings. The molecule has 0 radical (unpaired) electrons. The van der Waals surface area contributed by atoms with E-state index in [9.17, 15) is 4.79 Å². The van der Waals surface area contributed by atoms with E-state index in [0.29, 0.717) is 23.8 Å². The highest BCUT2D eigenvalue weighted by Gasteiger charge is 2.22. The zero-order valence-corrected chi connectivity index (χ0v) is 24.3. The zero-order chi connectivity index (χ0) is 28.8. The summed E-state index contributed by atoms with van der Waals surface area (Å²) in [5.41, 5.74) is 4.16. The number of hydrogen-bond acceptors (Lipinski definition) is 7. The Labute approximate surface area is 241 Å². The van der Waals surface area contributed by atoms with Crippen LogP contribution in [-0.2, 0) is 24.1 Å². The number of nitrogens with zero attached hydrogens (tertiary/aromatic N) is 2. The molecule has 0 unspecified atom stereocenters. The molecule has 5 rings (SSSR count). The van der Waals surface area contributed by atoms with Crippen LogP contribution in [0.25, 0.3) is 11.0 Å². The van der Waals surface area contributed by atoms with E-state index in [1.165, 1.54) is 11.1 Å². The van der Waals surface area contributed by atoms with Gasteiger partial charge in [-0.15, -0.1) is 0 Å². The summed E-state index contributed by atoms with van der Waals surface area (Å²) < 4.78 is 28.0. The molecule has 41 heavy (non-hydrogen) atoms. The van der Waals surface area contributed by atoms with Crippen LogP contribution >= 0.6 is 0 Å². The van der Waals surface area contributed by atoms with Crippen LogP contribution in [0.4, 0.5) is 5.69 Å². The summed E-state index contributed by atoms with van der Waals surface area (Å²) in [5.74, 6) is 3.37. The van der Waals surface area contributed by atoms with E-state index in [0.717, 1.165) is 67.1 Å². The van der Waals surface area contributed by atoms with Gasteiger partial charge in [-0.3, -0.25) is 4.79 Å². The van der Waals surface area contributed by atoms with Crippen molar-refractivity contribution in [3.05, 3.63) is 77.6 Å². The minimum absolute atomic E-state index is 0.0289. The van der Waals surface area contributed by atoms with Gasteiger partial charge in [0.15, 0.2) is 23.0 Å². The average molecular weight is 559 g/mol. The Morgan fingerprint density at radius 3 is 2.07 bits per heavy atom. The van der Waals surface area contributed by atoms with E-state index in [1.807, 2.05) is 53.4 Å². The molecular formula is C33H38N2O6. The van der Waals surface area contributed by atoms with Crippen LogP contribution in [0, 0.1) is 0 Å². The lowest BCUT2D eigenvalue weighted by Crippen LogP contribution is -2.36. The van der Waals surface area contributed by atoms with E-state index in [4.69, 9.17) is 23.4 Å². The van der Waals surface area contributed by atoms with Gasteiger partial charge in [0.05, 0.1) is 34.9 Å². The lowest BCUT2D eigenvalue weighted by molar-refractivity contribution is -0.118. The number of benzene rings is 3. The van der Waals surface area contributed by atoms with E-state index >= 15 is 0 Å². The molecule has 1 aromatic heterocycles. The summed E-state index contributed by atoms with van der Waals surface area (Å²) in [6, 6.07) is 19.6. The largest absolute Gasteiger partial charge is 0.493 e. The molecule has 0 aliphatic carbocycles. The first-order valence-corrected chi connectivity index (χ1v) is 14.0. The fraction of sp³-hybridized carbons (Fsp3) is 0.364. The molecule has 2 heterocycles. The number of rotatable bonds is 11. The van der Waals surface area contributed by atoms with Crippen LogP contribution in [-0.4, -0.2) is 65.4 Å². The number of methoxy groups -OCH3 is 4. The third kappa shape index (κ3) is 6.43. The molecule has 8 heteroatoms. The topological polar surface area (TPSA) is 73.6 Å². The van der Waals surface area contributed by atoms with Crippen LogP contribution < -0.4 is 23.8 Å². The third-order valence-corrected chi connectivity index (χ3v) is 7.74. The zero-order valence-electron chi connectivity index (χ0n) is 24.3. The van der Waals surface area contributed by atoms with Gasteiger partial charge in [-0.2, -0.15) is 0 Å². The predicted molar refractivity (Wildman–Crippen MR) is 160 cm³/mol. The maximum Gasteiger partial charge on any atom is 0.234 e. The number of carbonyl (C=O) groups is 1. The Kier molecular flexibility index (Phi) is 8.99. The van der Waals surface area contributed by atoms with E-state index in [1.54, 1.807) is 28.4 Å². The van der Waals surface area contributed by atoms with Gasteiger partial charge < -0.3 is 33.2 Å². The summed E-state index contributed by atoms with van der Waals surface area (Å²) in [6.07, 6.45) is 2.88. The molecule has 0 N–H and O–H groups in total. The number of fused-ring (bicyclic) bond motifs is 2. The lowest BCUT2D eigenvalue weighted by Gasteiger charge is -2.26. The first kappa shape index (κ1) is 28.4. The van der Waals surface area contributed by atoms with Crippen molar-refractivity contribution in [2.45, 2.75) is 25.7 Å². The highest BCUT2D eigenvalue weighted by Crippen LogP contribution is 2.33. The molecule has 0 atom stereocenters. The molecular weight excluding hydrogens is 520 g/mol. The fourth-order valence-electron chi connectivity index (χ4n) is 5.53. The van der Waals surface area contributed by atoms with Gasteiger partial charge in [-0.1, -0.05) is 18.2 Å². The van der Waals surface area contributed by atoms with Gasteiger partial charge in [-0.25, -0.2) is 0 Å². The van der Waals surface area contributed by atoms with Gasteiger partial charge in [-0.05, 0) is 73.3 Å². The third-order valence-electron chi connectivity index (χ3n) is 7.74. The number of ether oxygens (including phenoxy) is 4. The standard InChI is InChI=1S/C33H38N2O6/c1-37-29-11-10-26(21-32(29)40-4)35(33(36)22-27-18-25-8-5-6-9-28(25)41-27)15-7-14-34-16-12-23-19-30(38-2)31(39-3)20-24(23)13-17-34/h5-6,8-11,18-21H,7,12-17,22H2,1-4H3. The summed E-state index contributed by atoms with van der Waals surface area (Å²) >= 11 is 0. The highest BCUT2D eigenvalue weighted by atomic mass is 16.5. The Balaban J connectivity index is 1.28. The summed E-state index contributed by atoms with van der Waals surface area (Å²) in [7, 11) is 6.55. The second kappa shape index (κ2) is 13.0. The molecule has 4 aromatic rings. The van der Waals surface area contributed by atoms with Crippen molar-refractivity contribution in [1.29, 1.82) is 0 Å². The van der Waals surface area contributed by atoms with Crippen molar-refractivity contribution in [3.8, 4) is 23.0 Å². The van der Waals surface area contributed by atoms with Gasteiger partial charge >= 0.3 is 0 Å². The monoisotopic (exact) mass is 558 g/mol. The number of amides is 1. The second-order valence-electron chi connectivity index (χ2n) is 10.2. The maximum atomic E-state index is 13.7. The minimum Gasteiger partial charge on any atom is -0.493 e.